The Morgan fingerprint density at radius 3 is 2.59 bits per heavy atom. The Balaban J connectivity index is 1.63. The number of nitrogens with zero attached hydrogens (tertiary/aromatic N) is 1. The Labute approximate surface area is 165 Å². The predicted molar refractivity (Wildman–Crippen MR) is 101 cm³/mol. The highest BCUT2D eigenvalue weighted by Crippen LogP contribution is 2.51. The second-order valence-corrected chi connectivity index (χ2v) is 6.91. The fraction of sp³-hybridized carbons (Fsp3) is 0.273. The molecule has 2 atom stereocenters. The lowest BCUT2D eigenvalue weighted by molar-refractivity contribution is -0.144. The van der Waals surface area contributed by atoms with Gasteiger partial charge in [0.2, 0.25) is 0 Å². The number of rotatable bonds is 5. The molecule has 1 fully saturated rings. The molecule has 1 aromatic heterocycles. The maximum atomic E-state index is 12.7. The van der Waals surface area contributed by atoms with E-state index < -0.39 is 11.7 Å². The van der Waals surface area contributed by atoms with Crippen molar-refractivity contribution in [2.75, 3.05) is 6.61 Å². The number of carbonyl (C=O) groups excluding carboxylic acids is 1. The number of benzene rings is 2. The molecule has 3 aromatic rings. The van der Waals surface area contributed by atoms with Crippen molar-refractivity contribution < 1.29 is 27.4 Å². The zero-order valence-electron chi connectivity index (χ0n) is 15.6. The van der Waals surface area contributed by atoms with Crippen LogP contribution in [0.25, 0.3) is 10.9 Å². The van der Waals surface area contributed by atoms with Crippen LogP contribution in [-0.4, -0.2) is 17.6 Å². The number of hydrogen-bond acceptors (Lipinski definition) is 4. The molecule has 1 heterocycles. The van der Waals surface area contributed by atoms with E-state index in [-0.39, 0.29) is 17.8 Å². The molecule has 4 rings (SSSR count). The molecule has 0 amide bonds. The minimum Gasteiger partial charge on any atom is -0.466 e. The molecule has 7 heteroatoms. The van der Waals surface area contributed by atoms with E-state index in [0.29, 0.717) is 24.5 Å². The van der Waals surface area contributed by atoms with E-state index in [1.807, 2.05) is 6.07 Å². The maximum Gasteiger partial charge on any atom is 0.416 e. The van der Waals surface area contributed by atoms with Gasteiger partial charge in [-0.3, -0.25) is 9.78 Å². The zero-order chi connectivity index (χ0) is 20.6. The average Bonchev–Trinajstić information content (AvgIpc) is 3.48. The van der Waals surface area contributed by atoms with Gasteiger partial charge in [-0.1, -0.05) is 6.07 Å². The summed E-state index contributed by atoms with van der Waals surface area (Å²) in [5, 5.41) is 0.835. The summed E-state index contributed by atoms with van der Waals surface area (Å²) in [6.45, 7) is 2.10. The molecule has 0 spiro atoms. The minimum absolute atomic E-state index is 0.0115. The fourth-order valence-corrected chi connectivity index (χ4v) is 3.43. The molecule has 4 nitrogen and oxygen atoms in total. The lowest BCUT2D eigenvalue weighted by Crippen LogP contribution is -2.07. The number of alkyl halides is 3. The summed E-state index contributed by atoms with van der Waals surface area (Å²) in [7, 11) is 0. The van der Waals surface area contributed by atoms with Gasteiger partial charge in [-0.2, -0.15) is 13.2 Å². The molecule has 0 saturated heterocycles. The van der Waals surface area contributed by atoms with Gasteiger partial charge in [-0.15, -0.1) is 0 Å². The largest absolute Gasteiger partial charge is 0.466 e. The molecule has 1 aliphatic rings. The van der Waals surface area contributed by atoms with Crippen molar-refractivity contribution in [3.8, 4) is 11.5 Å². The number of pyridine rings is 1. The molecule has 0 bridgehead atoms. The maximum absolute atomic E-state index is 12.7. The number of ether oxygens (including phenoxy) is 2. The first kappa shape index (κ1) is 19.2. The molecule has 0 radical (unpaired) electrons. The van der Waals surface area contributed by atoms with E-state index in [1.165, 1.54) is 12.1 Å². The lowest BCUT2D eigenvalue weighted by atomic mass is 10.0. The molecule has 2 aromatic carbocycles. The van der Waals surface area contributed by atoms with Crippen molar-refractivity contribution in [1.82, 2.24) is 4.98 Å². The molecular weight excluding hydrogens is 383 g/mol. The van der Waals surface area contributed by atoms with Crippen molar-refractivity contribution in [2.24, 2.45) is 5.92 Å². The van der Waals surface area contributed by atoms with Crippen LogP contribution in [0.4, 0.5) is 13.2 Å². The highest BCUT2D eigenvalue weighted by molar-refractivity contribution is 5.86. The topological polar surface area (TPSA) is 48.4 Å². The summed E-state index contributed by atoms with van der Waals surface area (Å²) in [4.78, 5) is 16.5. The highest BCUT2D eigenvalue weighted by atomic mass is 19.4. The Morgan fingerprint density at radius 1 is 1.14 bits per heavy atom. The number of esters is 1. The van der Waals surface area contributed by atoms with Crippen molar-refractivity contribution in [2.45, 2.75) is 25.4 Å². The van der Waals surface area contributed by atoms with E-state index in [9.17, 15) is 18.0 Å². The van der Waals surface area contributed by atoms with Crippen molar-refractivity contribution in [3.05, 3.63) is 65.9 Å². The first-order valence-electron chi connectivity index (χ1n) is 9.27. The van der Waals surface area contributed by atoms with Gasteiger partial charge in [0, 0.05) is 17.5 Å². The van der Waals surface area contributed by atoms with Crippen LogP contribution in [0.3, 0.4) is 0 Å². The minimum atomic E-state index is -4.39. The highest BCUT2D eigenvalue weighted by Gasteiger charge is 2.46. The van der Waals surface area contributed by atoms with Gasteiger partial charge in [0.1, 0.15) is 11.5 Å². The van der Waals surface area contributed by atoms with Crippen LogP contribution in [0.2, 0.25) is 0 Å². The van der Waals surface area contributed by atoms with Crippen LogP contribution in [0, 0.1) is 5.92 Å². The summed E-state index contributed by atoms with van der Waals surface area (Å²) in [5.41, 5.74) is 0.927. The van der Waals surface area contributed by atoms with E-state index in [0.717, 1.165) is 28.6 Å². The van der Waals surface area contributed by atoms with Crippen molar-refractivity contribution in [1.29, 1.82) is 0 Å². The summed E-state index contributed by atoms with van der Waals surface area (Å²) >= 11 is 0. The van der Waals surface area contributed by atoms with Crippen LogP contribution in [-0.2, 0) is 15.7 Å². The van der Waals surface area contributed by atoms with E-state index >= 15 is 0 Å². The van der Waals surface area contributed by atoms with Crippen molar-refractivity contribution >= 4 is 16.9 Å². The fourth-order valence-electron chi connectivity index (χ4n) is 3.43. The number of fused-ring (bicyclic) bond motifs is 1. The van der Waals surface area contributed by atoms with Gasteiger partial charge < -0.3 is 9.47 Å². The van der Waals surface area contributed by atoms with Crippen LogP contribution in [0.1, 0.15) is 30.4 Å². The lowest BCUT2D eigenvalue weighted by Gasteiger charge is -2.12. The molecule has 0 unspecified atom stereocenters. The van der Waals surface area contributed by atoms with Crippen molar-refractivity contribution in [3.63, 3.8) is 0 Å². The first-order chi connectivity index (χ1) is 13.9. The third-order valence-corrected chi connectivity index (χ3v) is 4.90. The molecule has 0 aliphatic heterocycles. The average molecular weight is 401 g/mol. The van der Waals surface area contributed by atoms with Gasteiger partial charge >= 0.3 is 12.1 Å². The van der Waals surface area contributed by atoms with Crippen LogP contribution in [0.5, 0.6) is 11.5 Å². The second-order valence-electron chi connectivity index (χ2n) is 6.91. The van der Waals surface area contributed by atoms with Crippen LogP contribution < -0.4 is 4.74 Å². The molecule has 29 heavy (non-hydrogen) atoms. The zero-order valence-corrected chi connectivity index (χ0v) is 15.6. The Hall–Kier alpha value is -3.09. The van der Waals surface area contributed by atoms with Gasteiger partial charge in [0.25, 0.3) is 0 Å². The first-order valence-corrected chi connectivity index (χ1v) is 9.27. The van der Waals surface area contributed by atoms with Gasteiger partial charge in [-0.05, 0) is 61.4 Å². The third-order valence-electron chi connectivity index (χ3n) is 4.90. The van der Waals surface area contributed by atoms with E-state index in [1.54, 1.807) is 31.3 Å². The number of aromatic nitrogens is 1. The summed E-state index contributed by atoms with van der Waals surface area (Å²) in [6, 6.07) is 11.8. The normalized spacial score (nSPS) is 18.5. The number of hydrogen-bond donors (Lipinski definition) is 0. The van der Waals surface area contributed by atoms with Crippen LogP contribution in [0.15, 0.2) is 54.7 Å². The summed E-state index contributed by atoms with van der Waals surface area (Å²) in [6.07, 6.45) is -2.04. The molecule has 1 saturated carbocycles. The third kappa shape index (κ3) is 4.04. The summed E-state index contributed by atoms with van der Waals surface area (Å²) < 4.78 is 49.1. The Kier molecular flexibility index (Phi) is 4.90. The van der Waals surface area contributed by atoms with Gasteiger partial charge in [0.05, 0.1) is 23.6 Å². The number of carbonyl (C=O) groups is 1. The summed E-state index contributed by atoms with van der Waals surface area (Å²) in [5.74, 6) is 0.333. The Bertz CT molecular complexity index is 1050. The van der Waals surface area contributed by atoms with Gasteiger partial charge in [0.15, 0.2) is 0 Å². The van der Waals surface area contributed by atoms with E-state index in [4.69, 9.17) is 9.47 Å². The SMILES string of the molecule is CCOC(=O)[C@@H]1C[C@H]1c1cc(Oc2ccc(C(F)(F)F)cc2)cc2cccnc12. The van der Waals surface area contributed by atoms with Gasteiger partial charge in [-0.25, -0.2) is 0 Å². The second kappa shape index (κ2) is 7.39. The Morgan fingerprint density at radius 2 is 1.90 bits per heavy atom. The molecular formula is C22H18F3NO3. The quantitative estimate of drug-likeness (QED) is 0.514. The number of halogens is 3. The standard InChI is InChI=1S/C22H18F3NO3/c1-2-28-21(27)19-12-17(19)18-11-16(10-13-4-3-9-26-20(13)18)29-15-7-5-14(6-8-15)22(23,24)25/h3-11,17,19H,2,12H2,1H3/t17-,19+/m0/s1. The monoisotopic (exact) mass is 401 g/mol. The predicted octanol–water partition coefficient (Wildman–Crippen LogP) is 5.71. The smallest absolute Gasteiger partial charge is 0.416 e. The molecule has 1 aliphatic carbocycles. The van der Waals surface area contributed by atoms with E-state index in [2.05, 4.69) is 4.98 Å². The molecule has 150 valence electrons. The molecule has 0 N–H and O–H groups in total. The van der Waals surface area contributed by atoms with Crippen LogP contribution >= 0.6 is 0 Å².